The summed E-state index contributed by atoms with van der Waals surface area (Å²) in [4.78, 5) is 0. The van der Waals surface area contributed by atoms with Gasteiger partial charge in [0.15, 0.2) is 0 Å². The summed E-state index contributed by atoms with van der Waals surface area (Å²) in [6, 6.07) is 0.837. The number of hydrogen-bond acceptors (Lipinski definition) is 0. The summed E-state index contributed by atoms with van der Waals surface area (Å²) < 4.78 is 12.7. The normalized spacial score (nSPS) is 12.0. The Bertz CT molecular complexity index is 56.0. The average Bonchev–Trinajstić information content (AvgIpc) is 1.59. The van der Waals surface area contributed by atoms with Gasteiger partial charge in [-0.25, -0.2) is 0 Å². The first-order valence-corrected chi connectivity index (χ1v) is 6.33. The Labute approximate surface area is 52.3 Å². The summed E-state index contributed by atoms with van der Waals surface area (Å²) >= 11 is 0. The molecule has 0 saturated heterocycles. The molecule has 0 heterocycles. The van der Waals surface area contributed by atoms with Crippen LogP contribution < -0.4 is 0 Å². The van der Waals surface area contributed by atoms with E-state index >= 15 is 0 Å². The number of hydrogen-bond donors (Lipinski definition) is 0. The fourth-order valence-electron chi connectivity index (χ4n) is 0.597. The summed E-state index contributed by atoms with van der Waals surface area (Å²) in [5.41, 5.74) is 0. The molecule has 0 aromatic rings. The lowest BCUT2D eigenvalue weighted by Gasteiger charge is -2.07. The van der Waals surface area contributed by atoms with Crippen LogP contribution in [0.4, 0.5) is 4.11 Å². The Kier molecular flexibility index (Phi) is 3.29. The molecule has 0 spiro atoms. The molecule has 0 atom stereocenters. The van der Waals surface area contributed by atoms with Crippen molar-refractivity contribution in [2.45, 2.75) is 38.9 Å². The summed E-state index contributed by atoms with van der Waals surface area (Å²) in [5, 5.41) is 0. The van der Waals surface area contributed by atoms with Crippen molar-refractivity contribution in [1.29, 1.82) is 0 Å². The molecule has 0 N–H and O–H groups in total. The van der Waals surface area contributed by atoms with E-state index < -0.39 is 8.41 Å². The van der Waals surface area contributed by atoms with Crippen molar-refractivity contribution in [3.05, 3.63) is 0 Å². The predicted octanol–water partition coefficient (Wildman–Crippen LogP) is 2.96. The monoisotopic (exact) mass is 134 g/mol. The minimum Gasteiger partial charge on any atom is -0.314 e. The standard InChI is InChI=1S/C6H15FSi/c1-4-5-6-8(2,3)7/h4-6H2,1-3H3. The van der Waals surface area contributed by atoms with Crippen LogP contribution in [0.1, 0.15) is 19.8 Å². The summed E-state index contributed by atoms with van der Waals surface area (Å²) in [6.45, 7) is 5.63. The molecule has 0 nitrogen and oxygen atoms in total. The quantitative estimate of drug-likeness (QED) is 0.411. The van der Waals surface area contributed by atoms with Gasteiger partial charge in [0, 0.05) is 0 Å². The molecule has 0 aliphatic carbocycles. The molecule has 0 aliphatic rings. The molecule has 0 bridgehead atoms. The van der Waals surface area contributed by atoms with Crippen molar-refractivity contribution in [3.63, 3.8) is 0 Å². The van der Waals surface area contributed by atoms with Gasteiger partial charge >= 0.3 is 0 Å². The molecule has 2 heteroatoms. The molecule has 0 aromatic carbocycles. The van der Waals surface area contributed by atoms with Crippen LogP contribution in [0.2, 0.25) is 19.1 Å². The molecule has 0 radical (unpaired) electrons. The number of rotatable bonds is 3. The third-order valence-corrected chi connectivity index (χ3v) is 2.67. The Morgan fingerprint density at radius 1 is 1.38 bits per heavy atom. The van der Waals surface area contributed by atoms with Gasteiger partial charge in [-0.2, -0.15) is 0 Å². The highest BCUT2D eigenvalue weighted by Crippen LogP contribution is 2.13. The lowest BCUT2D eigenvalue weighted by atomic mass is 10.4. The van der Waals surface area contributed by atoms with Gasteiger partial charge in [0.2, 0.25) is 8.41 Å². The predicted molar refractivity (Wildman–Crippen MR) is 38.3 cm³/mol. The van der Waals surface area contributed by atoms with Gasteiger partial charge in [0.25, 0.3) is 0 Å². The highest BCUT2D eigenvalue weighted by atomic mass is 28.4. The zero-order valence-corrected chi connectivity index (χ0v) is 7.00. The Morgan fingerprint density at radius 3 is 2.00 bits per heavy atom. The maximum absolute atomic E-state index is 12.7. The Hall–Kier alpha value is 0.147. The molecule has 0 fully saturated rings. The van der Waals surface area contributed by atoms with E-state index in [2.05, 4.69) is 6.92 Å². The number of halogens is 1. The molecule has 50 valence electrons. The molecule has 0 aromatic heterocycles. The van der Waals surface area contributed by atoms with E-state index in [0.29, 0.717) is 0 Å². The lowest BCUT2D eigenvalue weighted by molar-refractivity contribution is 0.750. The third-order valence-electron chi connectivity index (χ3n) is 1.12. The van der Waals surface area contributed by atoms with E-state index in [1.165, 1.54) is 0 Å². The fourth-order valence-corrected chi connectivity index (χ4v) is 1.79. The summed E-state index contributed by atoms with van der Waals surface area (Å²) in [5.74, 6) is 0. The van der Waals surface area contributed by atoms with Crippen LogP contribution in [0.3, 0.4) is 0 Å². The van der Waals surface area contributed by atoms with Crippen LogP contribution in [0, 0.1) is 0 Å². The SMILES string of the molecule is CCCC[Si](C)(C)F. The molecule has 0 amide bonds. The van der Waals surface area contributed by atoms with E-state index in [9.17, 15) is 4.11 Å². The summed E-state index contributed by atoms with van der Waals surface area (Å²) in [6.07, 6.45) is 2.19. The van der Waals surface area contributed by atoms with E-state index in [-0.39, 0.29) is 0 Å². The lowest BCUT2D eigenvalue weighted by Crippen LogP contribution is -2.16. The van der Waals surface area contributed by atoms with Crippen LogP contribution >= 0.6 is 0 Å². The maximum atomic E-state index is 12.7. The van der Waals surface area contributed by atoms with Gasteiger partial charge in [0.1, 0.15) is 0 Å². The van der Waals surface area contributed by atoms with Crippen molar-refractivity contribution in [3.8, 4) is 0 Å². The second kappa shape index (κ2) is 3.23. The van der Waals surface area contributed by atoms with Crippen molar-refractivity contribution in [2.75, 3.05) is 0 Å². The van der Waals surface area contributed by atoms with Crippen molar-refractivity contribution in [2.24, 2.45) is 0 Å². The van der Waals surface area contributed by atoms with Crippen LogP contribution in [0.25, 0.3) is 0 Å². The largest absolute Gasteiger partial charge is 0.314 e. The van der Waals surface area contributed by atoms with Gasteiger partial charge in [0.05, 0.1) is 0 Å². The fraction of sp³-hybridized carbons (Fsp3) is 1.00. The van der Waals surface area contributed by atoms with Gasteiger partial charge in [-0.15, -0.1) is 0 Å². The molecule has 0 rings (SSSR count). The van der Waals surface area contributed by atoms with E-state index in [1.807, 2.05) is 0 Å². The summed E-state index contributed by atoms with van der Waals surface area (Å²) in [7, 11) is -2.18. The molecule has 0 saturated carbocycles. The van der Waals surface area contributed by atoms with Crippen LogP contribution in [-0.2, 0) is 0 Å². The van der Waals surface area contributed by atoms with Crippen LogP contribution in [0.5, 0.6) is 0 Å². The van der Waals surface area contributed by atoms with Crippen LogP contribution in [-0.4, -0.2) is 8.41 Å². The highest BCUT2D eigenvalue weighted by Gasteiger charge is 2.17. The van der Waals surface area contributed by atoms with Gasteiger partial charge < -0.3 is 4.11 Å². The van der Waals surface area contributed by atoms with Crippen molar-refractivity contribution < 1.29 is 4.11 Å². The molecular weight excluding hydrogens is 119 g/mol. The van der Waals surface area contributed by atoms with Gasteiger partial charge in [-0.1, -0.05) is 19.8 Å². The molecule has 0 aliphatic heterocycles. The zero-order valence-electron chi connectivity index (χ0n) is 6.00. The van der Waals surface area contributed by atoms with Gasteiger partial charge in [-0.3, -0.25) is 0 Å². The third kappa shape index (κ3) is 6.15. The van der Waals surface area contributed by atoms with Crippen molar-refractivity contribution >= 4 is 8.41 Å². The first-order chi connectivity index (χ1) is 3.56. The first-order valence-electron chi connectivity index (χ1n) is 3.25. The molecular formula is C6H15FSi. The van der Waals surface area contributed by atoms with Crippen molar-refractivity contribution in [1.82, 2.24) is 0 Å². The zero-order chi connectivity index (χ0) is 6.62. The first kappa shape index (κ1) is 8.15. The topological polar surface area (TPSA) is 0 Å². The van der Waals surface area contributed by atoms with Gasteiger partial charge in [-0.05, 0) is 19.1 Å². The minimum absolute atomic E-state index is 0.837. The Balaban J connectivity index is 3.11. The Morgan fingerprint density at radius 2 is 1.88 bits per heavy atom. The van der Waals surface area contributed by atoms with E-state index in [4.69, 9.17) is 0 Å². The molecule has 8 heavy (non-hydrogen) atoms. The average molecular weight is 134 g/mol. The van der Waals surface area contributed by atoms with E-state index in [0.717, 1.165) is 18.9 Å². The van der Waals surface area contributed by atoms with E-state index in [1.54, 1.807) is 13.1 Å². The van der Waals surface area contributed by atoms with Crippen LogP contribution in [0.15, 0.2) is 0 Å². The highest BCUT2D eigenvalue weighted by molar-refractivity contribution is 6.70. The number of unbranched alkanes of at least 4 members (excludes halogenated alkanes) is 1. The molecule has 0 unspecified atom stereocenters. The minimum atomic E-state index is -2.18. The second-order valence-corrected chi connectivity index (χ2v) is 6.76. The second-order valence-electron chi connectivity index (χ2n) is 2.82. The maximum Gasteiger partial charge on any atom is 0.240 e. The smallest absolute Gasteiger partial charge is 0.240 e.